The monoisotopic (exact) mass is 407 g/mol. The van der Waals surface area contributed by atoms with Crippen molar-refractivity contribution in [2.75, 3.05) is 6.54 Å². The van der Waals surface area contributed by atoms with E-state index in [1.807, 2.05) is 73.7 Å². The van der Waals surface area contributed by atoms with E-state index in [1.165, 1.54) is 5.01 Å². The molecule has 29 heavy (non-hydrogen) atoms. The maximum atomic E-state index is 13.0. The van der Waals surface area contributed by atoms with Gasteiger partial charge in [0, 0.05) is 17.5 Å². The van der Waals surface area contributed by atoms with Gasteiger partial charge in [0.25, 0.3) is 5.91 Å². The van der Waals surface area contributed by atoms with E-state index >= 15 is 0 Å². The summed E-state index contributed by atoms with van der Waals surface area (Å²) in [5, 5.41) is 10.1. The lowest BCUT2D eigenvalue weighted by Crippen LogP contribution is -2.36. The molecule has 0 saturated carbocycles. The summed E-state index contributed by atoms with van der Waals surface area (Å²) in [5.74, 6) is 0.625. The fraction of sp³-hybridized carbons (Fsp3) is 0.217. The minimum absolute atomic E-state index is 0.0598. The number of nitrogens with one attached hydrogen (secondary N) is 1. The van der Waals surface area contributed by atoms with Crippen LogP contribution in [0.4, 0.5) is 0 Å². The van der Waals surface area contributed by atoms with Gasteiger partial charge in [-0.15, -0.1) is 0 Å². The van der Waals surface area contributed by atoms with Crippen LogP contribution in [-0.4, -0.2) is 23.2 Å². The molecule has 1 amide bonds. The highest BCUT2D eigenvalue weighted by Crippen LogP contribution is 2.33. The third-order valence-electron chi connectivity index (χ3n) is 5.07. The third kappa shape index (κ3) is 4.42. The Hall–Kier alpha value is -2.89. The number of benzene rings is 2. The number of hydrogen-bond acceptors (Lipinski definition) is 4. The Morgan fingerprint density at radius 2 is 1.93 bits per heavy atom. The maximum Gasteiger partial charge on any atom is 0.257 e. The SMILES string of the molecule is C[C@@H](NCC(=O)N1N=C(c2ccc(Cl)cc2)C[C@@H]1c1ccco1)c1ccccc1. The molecule has 0 bridgehead atoms. The van der Waals surface area contributed by atoms with E-state index in [0.29, 0.717) is 11.4 Å². The number of furan rings is 1. The Balaban J connectivity index is 1.51. The topological polar surface area (TPSA) is 57.8 Å². The van der Waals surface area contributed by atoms with E-state index in [4.69, 9.17) is 16.0 Å². The fourth-order valence-corrected chi connectivity index (χ4v) is 3.57. The van der Waals surface area contributed by atoms with Gasteiger partial charge in [0.05, 0.1) is 18.5 Å². The van der Waals surface area contributed by atoms with Crippen molar-refractivity contribution >= 4 is 23.2 Å². The highest BCUT2D eigenvalue weighted by Gasteiger charge is 2.34. The number of carbonyl (C=O) groups is 1. The van der Waals surface area contributed by atoms with Gasteiger partial charge in [-0.2, -0.15) is 5.10 Å². The van der Waals surface area contributed by atoms with Crippen molar-refractivity contribution in [2.24, 2.45) is 5.10 Å². The predicted octanol–water partition coefficient (Wildman–Crippen LogP) is 4.96. The molecule has 0 radical (unpaired) electrons. The Labute approximate surface area is 175 Å². The van der Waals surface area contributed by atoms with Gasteiger partial charge in [-0.25, -0.2) is 5.01 Å². The summed E-state index contributed by atoms with van der Waals surface area (Å²) in [4.78, 5) is 13.0. The quantitative estimate of drug-likeness (QED) is 0.628. The number of rotatable bonds is 6. The Morgan fingerprint density at radius 1 is 1.17 bits per heavy atom. The number of hydrazone groups is 1. The van der Waals surface area contributed by atoms with Gasteiger partial charge in [0.1, 0.15) is 11.8 Å². The van der Waals surface area contributed by atoms with E-state index < -0.39 is 0 Å². The predicted molar refractivity (Wildman–Crippen MR) is 114 cm³/mol. The summed E-state index contributed by atoms with van der Waals surface area (Å²) in [6, 6.07) is 21.1. The highest BCUT2D eigenvalue weighted by atomic mass is 35.5. The molecule has 148 valence electrons. The molecule has 1 N–H and O–H groups in total. The number of nitrogens with zero attached hydrogens (tertiary/aromatic N) is 2. The summed E-state index contributed by atoms with van der Waals surface area (Å²) in [5.41, 5.74) is 2.93. The lowest BCUT2D eigenvalue weighted by molar-refractivity contribution is -0.132. The summed E-state index contributed by atoms with van der Waals surface area (Å²) < 4.78 is 5.59. The second-order valence-electron chi connectivity index (χ2n) is 7.04. The number of hydrogen-bond donors (Lipinski definition) is 1. The fourth-order valence-electron chi connectivity index (χ4n) is 3.44. The molecule has 0 fully saturated rings. The van der Waals surface area contributed by atoms with Gasteiger partial charge in [0.15, 0.2) is 0 Å². The molecule has 4 rings (SSSR count). The Kier molecular flexibility index (Phi) is 5.79. The van der Waals surface area contributed by atoms with Gasteiger partial charge in [0.2, 0.25) is 0 Å². The lowest BCUT2D eigenvalue weighted by Gasteiger charge is -2.21. The third-order valence-corrected chi connectivity index (χ3v) is 5.33. The van der Waals surface area contributed by atoms with E-state index in [-0.39, 0.29) is 24.5 Å². The van der Waals surface area contributed by atoms with Crippen molar-refractivity contribution in [3.63, 3.8) is 0 Å². The molecule has 1 aromatic heterocycles. The summed E-state index contributed by atoms with van der Waals surface area (Å²) >= 11 is 6.00. The van der Waals surface area contributed by atoms with Crippen molar-refractivity contribution < 1.29 is 9.21 Å². The molecule has 0 unspecified atom stereocenters. The smallest absolute Gasteiger partial charge is 0.257 e. The van der Waals surface area contributed by atoms with Crippen molar-refractivity contribution in [1.82, 2.24) is 10.3 Å². The van der Waals surface area contributed by atoms with Gasteiger partial charge in [-0.05, 0) is 42.3 Å². The largest absolute Gasteiger partial charge is 0.467 e. The molecule has 0 spiro atoms. The first-order valence-electron chi connectivity index (χ1n) is 9.59. The van der Waals surface area contributed by atoms with Gasteiger partial charge < -0.3 is 9.73 Å². The molecule has 0 aliphatic carbocycles. The van der Waals surface area contributed by atoms with Crippen LogP contribution in [0.2, 0.25) is 5.02 Å². The molecule has 1 aliphatic rings. The van der Waals surface area contributed by atoms with E-state index in [1.54, 1.807) is 6.26 Å². The zero-order chi connectivity index (χ0) is 20.2. The molecular formula is C23H22ClN3O2. The Bertz CT molecular complexity index is 985. The van der Waals surface area contributed by atoms with Crippen LogP contribution in [0.3, 0.4) is 0 Å². The van der Waals surface area contributed by atoms with Gasteiger partial charge in [-0.1, -0.05) is 54.1 Å². The van der Waals surface area contributed by atoms with Crippen molar-refractivity contribution in [1.29, 1.82) is 0 Å². The van der Waals surface area contributed by atoms with Crippen LogP contribution in [0.15, 0.2) is 82.5 Å². The molecule has 3 aromatic rings. The van der Waals surface area contributed by atoms with E-state index in [2.05, 4.69) is 10.4 Å². The number of carbonyl (C=O) groups excluding carboxylic acids is 1. The zero-order valence-corrected chi connectivity index (χ0v) is 16.8. The average molecular weight is 408 g/mol. The summed E-state index contributed by atoms with van der Waals surface area (Å²) in [6.07, 6.45) is 2.21. The Morgan fingerprint density at radius 3 is 2.62 bits per heavy atom. The first kappa shape index (κ1) is 19.4. The van der Waals surface area contributed by atoms with E-state index in [0.717, 1.165) is 22.6 Å². The molecule has 2 heterocycles. The van der Waals surface area contributed by atoms with Crippen LogP contribution in [0.5, 0.6) is 0 Å². The average Bonchev–Trinajstić information content (AvgIpc) is 3.43. The maximum absolute atomic E-state index is 13.0. The second kappa shape index (κ2) is 8.64. The zero-order valence-electron chi connectivity index (χ0n) is 16.1. The van der Waals surface area contributed by atoms with E-state index in [9.17, 15) is 4.79 Å². The molecule has 5 nitrogen and oxygen atoms in total. The van der Waals surface area contributed by atoms with Gasteiger partial charge >= 0.3 is 0 Å². The summed E-state index contributed by atoms with van der Waals surface area (Å²) in [6.45, 7) is 2.23. The van der Waals surface area contributed by atoms with Gasteiger partial charge in [-0.3, -0.25) is 4.79 Å². The van der Waals surface area contributed by atoms with Crippen LogP contribution in [0.1, 0.15) is 42.3 Å². The molecule has 2 atom stereocenters. The van der Waals surface area contributed by atoms with Crippen LogP contribution in [-0.2, 0) is 4.79 Å². The first-order valence-corrected chi connectivity index (χ1v) is 9.97. The van der Waals surface area contributed by atoms with Crippen LogP contribution >= 0.6 is 11.6 Å². The standard InChI is InChI=1S/C23H22ClN3O2/c1-16(17-6-3-2-4-7-17)25-15-23(28)27-21(22-8-5-13-29-22)14-20(26-27)18-9-11-19(24)12-10-18/h2-13,16,21,25H,14-15H2,1H3/t16-,21-/m1/s1. The van der Waals surface area contributed by atoms with Crippen molar-refractivity contribution in [3.8, 4) is 0 Å². The normalized spacial score (nSPS) is 17.2. The minimum atomic E-state index is -0.253. The molecule has 6 heteroatoms. The number of amides is 1. The van der Waals surface area contributed by atoms with Crippen molar-refractivity contribution in [3.05, 3.63) is 94.9 Å². The lowest BCUT2D eigenvalue weighted by atomic mass is 10.0. The first-order chi connectivity index (χ1) is 14.1. The van der Waals surface area contributed by atoms with Crippen molar-refractivity contribution in [2.45, 2.75) is 25.4 Å². The van der Waals surface area contributed by atoms with Crippen LogP contribution < -0.4 is 5.32 Å². The number of halogens is 1. The minimum Gasteiger partial charge on any atom is -0.467 e. The second-order valence-corrected chi connectivity index (χ2v) is 7.48. The molecule has 2 aromatic carbocycles. The molecule has 0 saturated heterocycles. The van der Waals surface area contributed by atoms with Crippen LogP contribution in [0, 0.1) is 0 Å². The highest BCUT2D eigenvalue weighted by molar-refractivity contribution is 6.30. The summed E-state index contributed by atoms with van der Waals surface area (Å²) in [7, 11) is 0. The molecule has 1 aliphatic heterocycles. The molecular weight excluding hydrogens is 386 g/mol. The van der Waals surface area contributed by atoms with Crippen LogP contribution in [0.25, 0.3) is 0 Å².